The number of nitrogens with zero attached hydrogens (tertiary/aromatic N) is 2. The molecular weight excluding hydrogens is 665 g/mol. The van der Waals surface area contributed by atoms with Gasteiger partial charge in [0, 0.05) is 39.2 Å². The van der Waals surface area contributed by atoms with Gasteiger partial charge in [0.05, 0.1) is 5.39 Å². The summed E-state index contributed by atoms with van der Waals surface area (Å²) >= 11 is 0. The summed E-state index contributed by atoms with van der Waals surface area (Å²) in [5, 5.41) is 4.14. The van der Waals surface area contributed by atoms with E-state index in [1.165, 1.54) is 0 Å². The van der Waals surface area contributed by atoms with Gasteiger partial charge in [-0.15, -0.1) is 0 Å². The molecule has 254 valence electrons. The van der Waals surface area contributed by atoms with Gasteiger partial charge in [-0.2, -0.15) is 0 Å². The van der Waals surface area contributed by atoms with Crippen LogP contribution in [-0.4, -0.2) is 4.98 Å². The third kappa shape index (κ3) is 4.83. The second-order valence-corrected chi connectivity index (χ2v) is 13.5. The minimum atomic E-state index is 0.551. The van der Waals surface area contributed by atoms with Crippen LogP contribution in [0.5, 0.6) is 0 Å². The van der Waals surface area contributed by atoms with E-state index in [0.29, 0.717) is 17.0 Å². The maximum absolute atomic E-state index is 6.83. The van der Waals surface area contributed by atoms with E-state index in [1.807, 2.05) is 72.8 Å². The van der Waals surface area contributed by atoms with Crippen LogP contribution in [0.4, 0.5) is 17.1 Å². The van der Waals surface area contributed by atoms with E-state index in [4.69, 9.17) is 18.2 Å². The minimum Gasteiger partial charge on any atom is -0.456 e. The number of benzene rings is 8. The lowest BCUT2D eigenvalue weighted by atomic mass is 9.98. The van der Waals surface area contributed by atoms with Gasteiger partial charge in [0.25, 0.3) is 0 Å². The first-order valence-corrected chi connectivity index (χ1v) is 18.0. The molecule has 0 amide bonds. The van der Waals surface area contributed by atoms with Crippen molar-refractivity contribution in [1.29, 1.82) is 0 Å². The Hall–Kier alpha value is -7.37. The molecule has 0 N–H and O–H groups in total. The van der Waals surface area contributed by atoms with Gasteiger partial charge in [-0.25, -0.2) is 4.98 Å². The van der Waals surface area contributed by atoms with E-state index >= 15 is 0 Å². The first kappa shape index (κ1) is 30.3. The summed E-state index contributed by atoms with van der Waals surface area (Å²) in [7, 11) is 0. The molecule has 0 saturated carbocycles. The Morgan fingerprint density at radius 2 is 0.981 bits per heavy atom. The summed E-state index contributed by atoms with van der Waals surface area (Å²) in [4.78, 5) is 7.34. The normalized spacial score (nSPS) is 11.7. The zero-order valence-corrected chi connectivity index (χ0v) is 28.9. The number of aromatic nitrogens is 1. The highest BCUT2D eigenvalue weighted by Crippen LogP contribution is 2.49. The van der Waals surface area contributed by atoms with Crippen LogP contribution in [0.1, 0.15) is 0 Å². The summed E-state index contributed by atoms with van der Waals surface area (Å²) in [6, 6.07) is 62.6. The van der Waals surface area contributed by atoms with Gasteiger partial charge in [-0.3, -0.25) is 0 Å². The summed E-state index contributed by atoms with van der Waals surface area (Å²) in [6.07, 6.45) is 0. The minimum absolute atomic E-state index is 0.551. The van der Waals surface area contributed by atoms with E-state index in [1.54, 1.807) is 0 Å². The molecular formula is C49H30N2O3. The smallest absolute Gasteiger partial charge is 0.227 e. The summed E-state index contributed by atoms with van der Waals surface area (Å²) in [5.41, 5.74) is 12.8. The molecule has 0 aliphatic carbocycles. The average Bonchev–Trinajstić information content (AvgIpc) is 3.95. The number of fused-ring (bicyclic) bond motifs is 7. The molecule has 5 nitrogen and oxygen atoms in total. The van der Waals surface area contributed by atoms with Crippen molar-refractivity contribution < 1.29 is 13.3 Å². The Morgan fingerprint density at radius 1 is 0.389 bits per heavy atom. The molecule has 0 spiro atoms. The van der Waals surface area contributed by atoms with Crippen molar-refractivity contribution >= 4 is 72.0 Å². The highest BCUT2D eigenvalue weighted by Gasteiger charge is 2.27. The third-order valence-corrected chi connectivity index (χ3v) is 10.3. The predicted molar refractivity (Wildman–Crippen MR) is 220 cm³/mol. The van der Waals surface area contributed by atoms with Crippen LogP contribution in [0.15, 0.2) is 195 Å². The van der Waals surface area contributed by atoms with Crippen LogP contribution in [-0.2, 0) is 0 Å². The van der Waals surface area contributed by atoms with Gasteiger partial charge in [-0.1, -0.05) is 121 Å². The van der Waals surface area contributed by atoms with Crippen molar-refractivity contribution in [2.75, 3.05) is 4.90 Å². The standard InChI is InChI=1S/C49H30N2O3/c1-3-13-31(14-4-1)32-25-27-35(28-26-32)51(36-18-11-17-34(29-36)37-21-12-24-43-45(37)38-19-7-9-22-41(38)52-43)47-46-39-20-8-10-23-42(39)53-44(46)30-40-48(47)54-49(50-40)33-15-5-2-6-16-33/h1-30H. The fraction of sp³-hybridized carbons (Fsp3) is 0. The van der Waals surface area contributed by atoms with E-state index in [9.17, 15) is 0 Å². The molecule has 0 atom stereocenters. The van der Waals surface area contributed by atoms with E-state index < -0.39 is 0 Å². The number of furan rings is 2. The average molecular weight is 695 g/mol. The Balaban J connectivity index is 1.20. The molecule has 54 heavy (non-hydrogen) atoms. The maximum atomic E-state index is 6.83. The van der Waals surface area contributed by atoms with Gasteiger partial charge < -0.3 is 18.2 Å². The number of oxazole rings is 1. The summed E-state index contributed by atoms with van der Waals surface area (Å²) < 4.78 is 19.7. The molecule has 11 rings (SSSR count). The molecule has 0 radical (unpaired) electrons. The molecule has 0 aliphatic heterocycles. The zero-order valence-electron chi connectivity index (χ0n) is 28.9. The van der Waals surface area contributed by atoms with Crippen LogP contribution >= 0.6 is 0 Å². The molecule has 3 heterocycles. The van der Waals surface area contributed by atoms with E-state index in [-0.39, 0.29) is 0 Å². The fourth-order valence-corrected chi connectivity index (χ4v) is 7.83. The number of para-hydroxylation sites is 2. The van der Waals surface area contributed by atoms with Crippen LogP contribution in [0.3, 0.4) is 0 Å². The quantitative estimate of drug-likeness (QED) is 0.173. The molecule has 5 heteroatoms. The summed E-state index contributed by atoms with van der Waals surface area (Å²) in [5.74, 6) is 0.551. The monoisotopic (exact) mass is 694 g/mol. The van der Waals surface area contributed by atoms with E-state index in [2.05, 4.69) is 114 Å². The van der Waals surface area contributed by atoms with Crippen molar-refractivity contribution in [3.05, 3.63) is 182 Å². The van der Waals surface area contributed by atoms with Crippen molar-refractivity contribution in [2.24, 2.45) is 0 Å². The Kier molecular flexibility index (Phi) is 6.79. The van der Waals surface area contributed by atoms with Gasteiger partial charge >= 0.3 is 0 Å². The zero-order chi connectivity index (χ0) is 35.6. The molecule has 3 aromatic heterocycles. The topological polar surface area (TPSA) is 55.6 Å². The Morgan fingerprint density at radius 3 is 1.74 bits per heavy atom. The molecule has 0 unspecified atom stereocenters. The highest BCUT2D eigenvalue weighted by atomic mass is 16.4. The predicted octanol–water partition coefficient (Wildman–Crippen LogP) is 14.1. The number of hydrogen-bond donors (Lipinski definition) is 0. The lowest BCUT2D eigenvalue weighted by Gasteiger charge is -2.27. The SMILES string of the molecule is c1ccc(-c2ccc(N(c3cccc(-c4cccc5oc6ccccc6c45)c3)c3c4oc(-c5ccccc5)nc4cc4oc5ccccc5c34)cc2)cc1. The van der Waals surface area contributed by atoms with Gasteiger partial charge in [0.2, 0.25) is 5.89 Å². The van der Waals surface area contributed by atoms with Gasteiger partial charge in [0.1, 0.15) is 33.5 Å². The van der Waals surface area contributed by atoms with Crippen molar-refractivity contribution in [3.63, 3.8) is 0 Å². The first-order chi connectivity index (χ1) is 26.8. The van der Waals surface area contributed by atoms with Crippen LogP contribution < -0.4 is 4.90 Å². The molecule has 0 aliphatic rings. The molecule has 0 fully saturated rings. The van der Waals surface area contributed by atoms with Crippen LogP contribution in [0.2, 0.25) is 0 Å². The second-order valence-electron chi connectivity index (χ2n) is 13.5. The molecule has 11 aromatic rings. The number of rotatable bonds is 6. The van der Waals surface area contributed by atoms with Crippen LogP contribution in [0, 0.1) is 0 Å². The lowest BCUT2D eigenvalue weighted by Crippen LogP contribution is -2.11. The molecule has 8 aromatic carbocycles. The van der Waals surface area contributed by atoms with Gasteiger partial charge in [0.15, 0.2) is 5.58 Å². The largest absolute Gasteiger partial charge is 0.456 e. The number of hydrogen-bond acceptors (Lipinski definition) is 5. The van der Waals surface area contributed by atoms with Crippen LogP contribution in [0.25, 0.3) is 88.7 Å². The maximum Gasteiger partial charge on any atom is 0.227 e. The van der Waals surface area contributed by atoms with E-state index in [0.717, 1.165) is 88.8 Å². The fourth-order valence-electron chi connectivity index (χ4n) is 7.83. The molecule has 0 saturated heterocycles. The number of anilines is 3. The van der Waals surface area contributed by atoms with Crippen molar-refractivity contribution in [3.8, 4) is 33.7 Å². The van der Waals surface area contributed by atoms with Crippen molar-refractivity contribution in [1.82, 2.24) is 4.98 Å². The third-order valence-electron chi connectivity index (χ3n) is 10.3. The Bertz CT molecular complexity index is 3160. The Labute approximate surface area is 309 Å². The first-order valence-electron chi connectivity index (χ1n) is 18.0. The van der Waals surface area contributed by atoms with Crippen molar-refractivity contribution in [2.45, 2.75) is 0 Å². The summed E-state index contributed by atoms with van der Waals surface area (Å²) in [6.45, 7) is 0. The lowest BCUT2D eigenvalue weighted by molar-refractivity contribution is 0.620. The second kappa shape index (κ2) is 12.1. The highest BCUT2D eigenvalue weighted by molar-refractivity contribution is 6.20. The van der Waals surface area contributed by atoms with Gasteiger partial charge in [-0.05, 0) is 76.9 Å². The molecule has 0 bridgehead atoms.